The standard InChI is InChI=1S/C17H14N4O3/c22-9-10-24-17-12-5-6-15(16(23)11(12)7-8-18-17)21-19-13-3-1-2-4-14(13)20-21/h1-8,22-23H,9-10H2. The Morgan fingerprint density at radius 3 is 2.42 bits per heavy atom. The summed E-state index contributed by atoms with van der Waals surface area (Å²) in [6, 6.07) is 12.7. The summed E-state index contributed by atoms with van der Waals surface area (Å²) in [6.45, 7) is 0.0344. The number of aromatic nitrogens is 4. The molecule has 2 aromatic heterocycles. The van der Waals surface area contributed by atoms with Gasteiger partial charge in [0.2, 0.25) is 5.88 Å². The number of nitrogens with zero attached hydrogens (tertiary/aromatic N) is 4. The van der Waals surface area contributed by atoms with Gasteiger partial charge in [0.15, 0.2) is 5.75 Å². The minimum atomic E-state index is -0.105. The van der Waals surface area contributed by atoms with Crippen molar-refractivity contribution in [1.82, 2.24) is 20.0 Å². The van der Waals surface area contributed by atoms with Crippen LogP contribution in [0.25, 0.3) is 27.5 Å². The van der Waals surface area contributed by atoms with Crippen LogP contribution in [0.3, 0.4) is 0 Å². The fourth-order valence-corrected chi connectivity index (χ4v) is 2.59. The number of aliphatic hydroxyl groups is 1. The Bertz CT molecular complexity index is 996. The van der Waals surface area contributed by atoms with Gasteiger partial charge < -0.3 is 14.9 Å². The molecule has 0 radical (unpaired) electrons. The van der Waals surface area contributed by atoms with Crippen LogP contribution in [0, 0.1) is 0 Å². The third kappa shape index (κ3) is 2.31. The first kappa shape index (κ1) is 14.4. The summed E-state index contributed by atoms with van der Waals surface area (Å²) in [4.78, 5) is 5.55. The summed E-state index contributed by atoms with van der Waals surface area (Å²) in [7, 11) is 0. The Hall–Kier alpha value is -3.19. The van der Waals surface area contributed by atoms with E-state index in [4.69, 9.17) is 9.84 Å². The Balaban J connectivity index is 1.86. The number of aliphatic hydroxyl groups excluding tert-OH is 1. The van der Waals surface area contributed by atoms with Crippen LogP contribution in [-0.4, -0.2) is 43.4 Å². The van der Waals surface area contributed by atoms with Crippen LogP contribution in [0.4, 0.5) is 0 Å². The highest BCUT2D eigenvalue weighted by Gasteiger charge is 2.14. The lowest BCUT2D eigenvalue weighted by Gasteiger charge is -2.10. The molecule has 2 N–H and O–H groups in total. The molecule has 4 rings (SSSR count). The summed E-state index contributed by atoms with van der Waals surface area (Å²) in [5.74, 6) is 0.408. The van der Waals surface area contributed by atoms with E-state index in [1.807, 2.05) is 24.3 Å². The van der Waals surface area contributed by atoms with Gasteiger partial charge in [0, 0.05) is 17.0 Å². The van der Waals surface area contributed by atoms with Gasteiger partial charge in [-0.3, -0.25) is 0 Å². The van der Waals surface area contributed by atoms with E-state index in [9.17, 15) is 5.11 Å². The second-order valence-corrected chi connectivity index (χ2v) is 5.19. The number of hydrogen-bond acceptors (Lipinski definition) is 6. The Kier molecular flexibility index (Phi) is 3.47. The molecule has 0 aliphatic heterocycles. The van der Waals surface area contributed by atoms with Gasteiger partial charge in [-0.25, -0.2) is 4.98 Å². The molecule has 7 nitrogen and oxygen atoms in total. The SMILES string of the molecule is OCCOc1nccc2c(O)c(-n3nc4ccccc4n3)ccc12. The summed E-state index contributed by atoms with van der Waals surface area (Å²) < 4.78 is 5.41. The lowest BCUT2D eigenvalue weighted by atomic mass is 10.1. The molecule has 4 aromatic rings. The number of phenolic OH excluding ortho intramolecular Hbond substituents is 1. The monoisotopic (exact) mass is 322 g/mol. The topological polar surface area (TPSA) is 93.3 Å². The average molecular weight is 322 g/mol. The first-order valence-corrected chi connectivity index (χ1v) is 7.45. The van der Waals surface area contributed by atoms with Gasteiger partial charge in [-0.15, -0.1) is 15.0 Å². The predicted octanol–water partition coefficient (Wildman–Crippen LogP) is 2.05. The summed E-state index contributed by atoms with van der Waals surface area (Å²) >= 11 is 0. The minimum Gasteiger partial charge on any atom is -0.505 e. The smallest absolute Gasteiger partial charge is 0.221 e. The van der Waals surface area contributed by atoms with Crippen LogP contribution >= 0.6 is 0 Å². The van der Waals surface area contributed by atoms with Crippen molar-refractivity contribution in [3.8, 4) is 17.3 Å². The zero-order valence-electron chi connectivity index (χ0n) is 12.6. The molecule has 120 valence electrons. The van der Waals surface area contributed by atoms with E-state index in [-0.39, 0.29) is 19.0 Å². The van der Waals surface area contributed by atoms with Crippen molar-refractivity contribution in [2.45, 2.75) is 0 Å². The molecule has 0 atom stereocenters. The van der Waals surface area contributed by atoms with Gasteiger partial charge in [-0.1, -0.05) is 12.1 Å². The highest BCUT2D eigenvalue weighted by atomic mass is 16.5. The first-order chi connectivity index (χ1) is 11.8. The number of pyridine rings is 1. The second-order valence-electron chi connectivity index (χ2n) is 5.19. The van der Waals surface area contributed by atoms with Crippen molar-refractivity contribution in [1.29, 1.82) is 0 Å². The molecule has 24 heavy (non-hydrogen) atoms. The maximum Gasteiger partial charge on any atom is 0.221 e. The zero-order chi connectivity index (χ0) is 16.5. The molecule has 0 spiro atoms. The number of hydrogen-bond donors (Lipinski definition) is 2. The van der Waals surface area contributed by atoms with E-state index in [2.05, 4.69) is 15.2 Å². The lowest BCUT2D eigenvalue weighted by molar-refractivity contribution is 0.198. The minimum absolute atomic E-state index is 0.0454. The van der Waals surface area contributed by atoms with Crippen LogP contribution in [0.1, 0.15) is 0 Å². The third-order valence-electron chi connectivity index (χ3n) is 3.69. The van der Waals surface area contributed by atoms with Crippen molar-refractivity contribution in [3.63, 3.8) is 0 Å². The van der Waals surface area contributed by atoms with Gasteiger partial charge in [0.25, 0.3) is 0 Å². The Labute approximate surface area is 136 Å². The van der Waals surface area contributed by atoms with Crippen molar-refractivity contribution in [3.05, 3.63) is 48.7 Å². The molecule has 0 aliphatic rings. The van der Waals surface area contributed by atoms with Crippen LogP contribution < -0.4 is 4.74 Å². The molecular formula is C17H14N4O3. The van der Waals surface area contributed by atoms with Crippen molar-refractivity contribution < 1.29 is 14.9 Å². The highest BCUT2D eigenvalue weighted by Crippen LogP contribution is 2.34. The number of ether oxygens (including phenoxy) is 1. The van der Waals surface area contributed by atoms with E-state index in [1.165, 1.54) is 4.80 Å². The predicted molar refractivity (Wildman–Crippen MR) is 88.4 cm³/mol. The van der Waals surface area contributed by atoms with Gasteiger partial charge in [0.05, 0.1) is 6.61 Å². The van der Waals surface area contributed by atoms with Gasteiger partial charge >= 0.3 is 0 Å². The molecule has 0 aliphatic carbocycles. The van der Waals surface area contributed by atoms with Gasteiger partial charge in [-0.2, -0.15) is 0 Å². The lowest BCUT2D eigenvalue weighted by Crippen LogP contribution is -2.04. The van der Waals surface area contributed by atoms with E-state index in [0.29, 0.717) is 22.3 Å². The van der Waals surface area contributed by atoms with Crippen molar-refractivity contribution in [2.24, 2.45) is 0 Å². The van der Waals surface area contributed by atoms with Gasteiger partial charge in [0.1, 0.15) is 23.3 Å². The number of benzene rings is 2. The summed E-state index contributed by atoms with van der Waals surface area (Å²) in [6.07, 6.45) is 1.55. The molecule has 7 heteroatoms. The first-order valence-electron chi connectivity index (χ1n) is 7.45. The molecule has 2 aromatic carbocycles. The molecule has 0 bridgehead atoms. The largest absolute Gasteiger partial charge is 0.505 e. The normalized spacial score (nSPS) is 11.2. The fraction of sp³-hybridized carbons (Fsp3) is 0.118. The maximum atomic E-state index is 10.6. The molecule has 0 unspecified atom stereocenters. The number of fused-ring (bicyclic) bond motifs is 2. The Morgan fingerprint density at radius 2 is 1.71 bits per heavy atom. The van der Waals surface area contributed by atoms with Crippen LogP contribution in [0.15, 0.2) is 48.7 Å². The van der Waals surface area contributed by atoms with Crippen LogP contribution in [-0.2, 0) is 0 Å². The molecule has 0 fully saturated rings. The van der Waals surface area contributed by atoms with Crippen LogP contribution in [0.5, 0.6) is 11.6 Å². The summed E-state index contributed by atoms with van der Waals surface area (Å²) in [5.41, 5.74) is 1.97. The van der Waals surface area contributed by atoms with E-state index in [1.54, 1.807) is 24.4 Å². The van der Waals surface area contributed by atoms with E-state index in [0.717, 1.165) is 11.0 Å². The highest BCUT2D eigenvalue weighted by molar-refractivity contribution is 5.94. The molecule has 0 saturated heterocycles. The number of aromatic hydroxyl groups is 1. The maximum absolute atomic E-state index is 10.6. The molecule has 0 saturated carbocycles. The van der Waals surface area contributed by atoms with E-state index < -0.39 is 0 Å². The van der Waals surface area contributed by atoms with E-state index >= 15 is 0 Å². The molecule has 2 heterocycles. The fourth-order valence-electron chi connectivity index (χ4n) is 2.59. The second kappa shape index (κ2) is 5.78. The van der Waals surface area contributed by atoms with Crippen molar-refractivity contribution >= 4 is 21.8 Å². The number of phenols is 1. The average Bonchev–Trinajstić information content (AvgIpc) is 3.04. The van der Waals surface area contributed by atoms with Crippen LogP contribution in [0.2, 0.25) is 0 Å². The number of rotatable bonds is 4. The summed E-state index contributed by atoms with van der Waals surface area (Å²) in [5, 5.41) is 29.6. The van der Waals surface area contributed by atoms with Crippen molar-refractivity contribution in [2.75, 3.05) is 13.2 Å². The van der Waals surface area contributed by atoms with Gasteiger partial charge in [-0.05, 0) is 30.3 Å². The molecule has 0 amide bonds. The third-order valence-corrected chi connectivity index (χ3v) is 3.69. The quantitative estimate of drug-likeness (QED) is 0.597. The molecular weight excluding hydrogens is 308 g/mol. The Morgan fingerprint density at radius 1 is 0.958 bits per heavy atom. The zero-order valence-corrected chi connectivity index (χ0v) is 12.6.